The Morgan fingerprint density at radius 3 is 2.76 bits per heavy atom. The van der Waals surface area contributed by atoms with Crippen molar-refractivity contribution in [2.24, 2.45) is 23.7 Å². The first-order valence-corrected chi connectivity index (χ1v) is 9.17. The van der Waals surface area contributed by atoms with Crippen molar-refractivity contribution in [2.45, 2.75) is 25.9 Å². The van der Waals surface area contributed by atoms with Crippen molar-refractivity contribution in [3.8, 4) is 11.8 Å². The zero-order chi connectivity index (χ0) is 17.4. The van der Waals surface area contributed by atoms with Crippen LogP contribution in [0, 0.1) is 35.0 Å². The predicted molar refractivity (Wildman–Crippen MR) is 91.8 cm³/mol. The number of nitriles is 1. The number of hydrogen-bond donors (Lipinski definition) is 0. The van der Waals surface area contributed by atoms with Crippen LogP contribution in [0.25, 0.3) is 0 Å². The van der Waals surface area contributed by atoms with E-state index in [1.807, 2.05) is 17.0 Å². The summed E-state index contributed by atoms with van der Waals surface area (Å²) in [6.07, 6.45) is 2.24. The Kier molecular flexibility index (Phi) is 4.39. The van der Waals surface area contributed by atoms with Crippen LogP contribution in [0.4, 0.5) is 0 Å². The van der Waals surface area contributed by atoms with E-state index >= 15 is 0 Å². The number of likely N-dealkylation sites (tertiary alicyclic amines) is 1. The molecule has 2 aliphatic heterocycles. The molecule has 0 unspecified atom stereocenters. The minimum atomic E-state index is 0.163. The van der Waals surface area contributed by atoms with E-state index in [0.29, 0.717) is 42.4 Å². The molecular formula is C20H24N2O3. The summed E-state index contributed by atoms with van der Waals surface area (Å²) in [6, 6.07) is 9.29. The van der Waals surface area contributed by atoms with Crippen molar-refractivity contribution in [1.29, 1.82) is 5.26 Å². The van der Waals surface area contributed by atoms with Crippen molar-refractivity contribution in [3.05, 3.63) is 29.8 Å². The molecule has 0 spiro atoms. The smallest absolute Gasteiger partial charge is 0.225 e. The van der Waals surface area contributed by atoms with Gasteiger partial charge in [0, 0.05) is 30.8 Å². The quantitative estimate of drug-likeness (QED) is 0.845. The molecule has 2 saturated heterocycles. The van der Waals surface area contributed by atoms with Gasteiger partial charge in [-0.2, -0.15) is 5.26 Å². The third kappa shape index (κ3) is 3.23. The van der Waals surface area contributed by atoms with Crippen molar-refractivity contribution in [3.63, 3.8) is 0 Å². The molecule has 132 valence electrons. The topological polar surface area (TPSA) is 62.6 Å². The Bertz CT molecular complexity index is 675. The van der Waals surface area contributed by atoms with E-state index in [4.69, 9.17) is 14.7 Å². The van der Waals surface area contributed by atoms with E-state index in [1.54, 1.807) is 12.1 Å². The second kappa shape index (κ2) is 6.68. The summed E-state index contributed by atoms with van der Waals surface area (Å²) < 4.78 is 11.8. The number of rotatable bonds is 4. The molecule has 5 heteroatoms. The Labute approximate surface area is 148 Å². The highest BCUT2D eigenvalue weighted by molar-refractivity contribution is 5.80. The highest BCUT2D eigenvalue weighted by Crippen LogP contribution is 2.39. The summed E-state index contributed by atoms with van der Waals surface area (Å²) in [7, 11) is 0. The lowest BCUT2D eigenvalue weighted by Gasteiger charge is -2.34. The van der Waals surface area contributed by atoms with Crippen LogP contribution in [-0.4, -0.2) is 43.2 Å². The lowest BCUT2D eigenvalue weighted by molar-refractivity contribution is -0.139. The van der Waals surface area contributed by atoms with Crippen molar-refractivity contribution in [1.82, 2.24) is 4.90 Å². The summed E-state index contributed by atoms with van der Waals surface area (Å²) in [6.45, 7) is 5.04. The van der Waals surface area contributed by atoms with Crippen molar-refractivity contribution >= 4 is 5.91 Å². The molecule has 4 rings (SSSR count). The van der Waals surface area contributed by atoms with Gasteiger partial charge in [0.1, 0.15) is 5.75 Å². The van der Waals surface area contributed by atoms with Crippen molar-refractivity contribution < 1.29 is 14.3 Å². The first-order chi connectivity index (χ1) is 12.1. The molecule has 1 aromatic rings. The molecule has 0 aromatic heterocycles. The summed E-state index contributed by atoms with van der Waals surface area (Å²) >= 11 is 0. The molecule has 1 saturated carbocycles. The predicted octanol–water partition coefficient (Wildman–Crippen LogP) is 2.46. The van der Waals surface area contributed by atoms with E-state index in [0.717, 1.165) is 31.7 Å². The maximum absolute atomic E-state index is 12.6. The van der Waals surface area contributed by atoms with Gasteiger partial charge < -0.3 is 14.4 Å². The molecule has 0 radical (unpaired) electrons. The van der Waals surface area contributed by atoms with Crippen molar-refractivity contribution in [2.75, 3.05) is 26.3 Å². The average Bonchev–Trinajstić information content (AvgIpc) is 3.18. The van der Waals surface area contributed by atoms with Crippen LogP contribution in [0.5, 0.6) is 5.75 Å². The van der Waals surface area contributed by atoms with Gasteiger partial charge in [-0.25, -0.2) is 0 Å². The number of benzene rings is 1. The average molecular weight is 340 g/mol. The molecule has 5 nitrogen and oxygen atoms in total. The van der Waals surface area contributed by atoms with Crippen LogP contribution in [0.15, 0.2) is 24.3 Å². The van der Waals surface area contributed by atoms with E-state index in [2.05, 4.69) is 13.0 Å². The molecule has 3 fully saturated rings. The van der Waals surface area contributed by atoms with Gasteiger partial charge in [-0.15, -0.1) is 0 Å². The van der Waals surface area contributed by atoms with Crippen LogP contribution in [0.2, 0.25) is 0 Å². The number of amides is 1. The zero-order valence-corrected chi connectivity index (χ0v) is 14.6. The van der Waals surface area contributed by atoms with Crippen LogP contribution < -0.4 is 4.74 Å². The molecule has 1 amide bonds. The summed E-state index contributed by atoms with van der Waals surface area (Å²) in [5, 5.41) is 8.84. The molecule has 0 N–H and O–H groups in total. The van der Waals surface area contributed by atoms with Gasteiger partial charge in [-0.05, 0) is 43.0 Å². The largest absolute Gasteiger partial charge is 0.493 e. The lowest BCUT2D eigenvalue weighted by Crippen LogP contribution is -2.41. The number of fused-ring (bicyclic) bond motifs is 1. The van der Waals surface area contributed by atoms with E-state index < -0.39 is 0 Å². The SMILES string of the molecule is CC1CC(C(=O)N2C[C@@H]3[C@H](COc4ccc(C#N)cc4)CO[C@@H]3C2)C1. The zero-order valence-electron chi connectivity index (χ0n) is 14.6. The number of ether oxygens (including phenoxy) is 2. The summed E-state index contributed by atoms with van der Waals surface area (Å²) in [5.41, 5.74) is 0.631. The second-order valence-electron chi connectivity index (χ2n) is 7.76. The summed E-state index contributed by atoms with van der Waals surface area (Å²) in [4.78, 5) is 14.6. The maximum atomic E-state index is 12.6. The number of nitrogens with zero attached hydrogens (tertiary/aromatic N) is 2. The third-order valence-corrected chi connectivity index (χ3v) is 5.92. The molecular weight excluding hydrogens is 316 g/mol. The molecule has 1 aromatic carbocycles. The molecule has 2 heterocycles. The minimum Gasteiger partial charge on any atom is -0.493 e. The monoisotopic (exact) mass is 340 g/mol. The fraction of sp³-hybridized carbons (Fsp3) is 0.600. The van der Waals surface area contributed by atoms with E-state index in [9.17, 15) is 4.79 Å². The normalized spacial score (nSPS) is 33.4. The molecule has 0 bridgehead atoms. The van der Waals surface area contributed by atoms with Gasteiger partial charge >= 0.3 is 0 Å². The third-order valence-electron chi connectivity index (χ3n) is 5.92. The highest BCUT2D eigenvalue weighted by Gasteiger charge is 2.47. The van der Waals surface area contributed by atoms with E-state index in [1.165, 1.54) is 0 Å². The van der Waals surface area contributed by atoms with Crippen LogP contribution >= 0.6 is 0 Å². The Hall–Kier alpha value is -2.06. The Morgan fingerprint density at radius 1 is 1.32 bits per heavy atom. The minimum absolute atomic E-state index is 0.163. The lowest BCUT2D eigenvalue weighted by atomic mass is 9.75. The summed E-state index contributed by atoms with van der Waals surface area (Å²) in [5.74, 6) is 2.72. The molecule has 1 aliphatic carbocycles. The Morgan fingerprint density at radius 2 is 2.08 bits per heavy atom. The Balaban J connectivity index is 1.31. The van der Waals surface area contributed by atoms with Gasteiger partial charge in [0.25, 0.3) is 0 Å². The van der Waals surface area contributed by atoms with Gasteiger partial charge in [-0.1, -0.05) is 6.92 Å². The molecule has 25 heavy (non-hydrogen) atoms. The molecule has 3 atom stereocenters. The number of carbonyl (C=O) groups is 1. The maximum Gasteiger partial charge on any atom is 0.225 e. The fourth-order valence-corrected chi connectivity index (χ4v) is 4.34. The van der Waals surface area contributed by atoms with Gasteiger partial charge in [-0.3, -0.25) is 4.79 Å². The van der Waals surface area contributed by atoms with Crippen LogP contribution in [-0.2, 0) is 9.53 Å². The highest BCUT2D eigenvalue weighted by atomic mass is 16.5. The number of carbonyl (C=O) groups excluding carboxylic acids is 1. The van der Waals surface area contributed by atoms with Gasteiger partial charge in [0.2, 0.25) is 5.91 Å². The van der Waals surface area contributed by atoms with Crippen LogP contribution in [0.1, 0.15) is 25.3 Å². The molecule has 3 aliphatic rings. The van der Waals surface area contributed by atoms with Gasteiger partial charge in [0.05, 0.1) is 31.0 Å². The van der Waals surface area contributed by atoms with Gasteiger partial charge in [0.15, 0.2) is 0 Å². The van der Waals surface area contributed by atoms with Crippen LogP contribution in [0.3, 0.4) is 0 Å². The fourth-order valence-electron chi connectivity index (χ4n) is 4.34. The first-order valence-electron chi connectivity index (χ1n) is 9.17. The van der Waals surface area contributed by atoms with E-state index in [-0.39, 0.29) is 12.0 Å². The standard InChI is InChI=1S/C20H24N2O3/c1-13-6-15(7-13)20(23)22-9-18-16(12-25-19(18)10-22)11-24-17-4-2-14(8-21)3-5-17/h2-5,13,15-16,18-19H,6-7,9-12H2,1H3/t13?,15?,16-,18-,19-/m1/s1. The number of hydrogen-bond acceptors (Lipinski definition) is 4. The first kappa shape index (κ1) is 16.4. The second-order valence-corrected chi connectivity index (χ2v) is 7.76.